The van der Waals surface area contributed by atoms with E-state index >= 15 is 0 Å². The van der Waals surface area contributed by atoms with Crippen LogP contribution >= 0.6 is 0 Å². The lowest BCUT2D eigenvalue weighted by Crippen LogP contribution is -2.28. The fourth-order valence-corrected chi connectivity index (χ4v) is 7.23. The van der Waals surface area contributed by atoms with Gasteiger partial charge in [-0.3, -0.25) is 9.59 Å². The van der Waals surface area contributed by atoms with Crippen LogP contribution in [0.2, 0.25) is 0 Å². The summed E-state index contributed by atoms with van der Waals surface area (Å²) in [5.41, 5.74) is 8.62. The van der Waals surface area contributed by atoms with E-state index in [0.29, 0.717) is 36.6 Å². The van der Waals surface area contributed by atoms with Crippen molar-refractivity contribution in [2.75, 3.05) is 27.3 Å². The standard InChI is InChI=1S/C40H46N4O10/c1-51-39-23(19-41-21-25(45)17-37(47)48)9-15-35(43-39)53-33-13-11-29-27(5-3-7-31(29)33)28-6-4-8-32-30(28)12-14-34(32)54-36-16-10-24(40(44-36)52-2)20-42-22-26(46)18-38(49)50/h3-10,15-16,25-26,33-34,41-42,45-46H,11-14,17-22H2,1-2H3,(H,47,48)(H,49,50)/t25-,26-,33+,34+/m1/s1. The molecule has 0 unspecified atom stereocenters. The molecule has 4 aromatic rings. The third-order valence-electron chi connectivity index (χ3n) is 9.67. The highest BCUT2D eigenvalue weighted by molar-refractivity contribution is 5.75. The summed E-state index contributed by atoms with van der Waals surface area (Å²) in [6.45, 7) is 0.937. The van der Waals surface area contributed by atoms with Crippen LogP contribution in [-0.2, 0) is 35.5 Å². The molecule has 14 heteroatoms. The normalized spacial score (nSPS) is 17.0. The Morgan fingerprint density at radius 1 is 0.685 bits per heavy atom. The fraction of sp³-hybridized carbons (Fsp3) is 0.400. The first-order chi connectivity index (χ1) is 26.1. The van der Waals surface area contributed by atoms with Crippen molar-refractivity contribution in [1.29, 1.82) is 0 Å². The molecule has 6 N–H and O–H groups in total. The third-order valence-corrected chi connectivity index (χ3v) is 9.67. The van der Waals surface area contributed by atoms with Gasteiger partial charge >= 0.3 is 11.9 Å². The zero-order valence-corrected chi connectivity index (χ0v) is 30.3. The average Bonchev–Trinajstić information content (AvgIpc) is 3.76. The van der Waals surface area contributed by atoms with Crippen LogP contribution in [0.5, 0.6) is 23.5 Å². The maximum atomic E-state index is 10.8. The third kappa shape index (κ3) is 9.26. The Bertz CT molecular complexity index is 1820. The molecule has 0 amide bonds. The number of aliphatic hydroxyl groups excluding tert-OH is 2. The first-order valence-corrected chi connectivity index (χ1v) is 18.0. The van der Waals surface area contributed by atoms with E-state index in [0.717, 1.165) is 47.9 Å². The van der Waals surface area contributed by atoms with Crippen molar-refractivity contribution in [1.82, 2.24) is 20.6 Å². The number of benzene rings is 2. The molecule has 0 bridgehead atoms. The van der Waals surface area contributed by atoms with Crippen LogP contribution in [-0.4, -0.2) is 81.8 Å². The lowest BCUT2D eigenvalue weighted by Gasteiger charge is -2.18. The number of carboxylic acid groups (broad SMARTS) is 2. The number of ether oxygens (including phenoxy) is 4. The number of fused-ring (bicyclic) bond motifs is 2. The van der Waals surface area contributed by atoms with Crippen LogP contribution in [0.4, 0.5) is 0 Å². The van der Waals surface area contributed by atoms with Gasteiger partial charge in [0.05, 0.1) is 39.3 Å². The molecule has 0 spiro atoms. The van der Waals surface area contributed by atoms with Gasteiger partial charge in [-0.05, 0) is 71.2 Å². The van der Waals surface area contributed by atoms with Gasteiger partial charge in [-0.15, -0.1) is 0 Å². The van der Waals surface area contributed by atoms with Crippen LogP contribution in [0.25, 0.3) is 11.1 Å². The van der Waals surface area contributed by atoms with Gasteiger partial charge in [-0.1, -0.05) is 36.4 Å². The number of methoxy groups -OCH3 is 2. The number of rotatable bonds is 19. The summed E-state index contributed by atoms with van der Waals surface area (Å²) >= 11 is 0. The van der Waals surface area contributed by atoms with Crippen LogP contribution in [0.3, 0.4) is 0 Å². The maximum absolute atomic E-state index is 10.8. The first kappa shape index (κ1) is 38.4. The lowest BCUT2D eigenvalue weighted by molar-refractivity contribution is -0.140. The van der Waals surface area contributed by atoms with Gasteiger partial charge < -0.3 is 50.0 Å². The van der Waals surface area contributed by atoms with Crippen molar-refractivity contribution in [2.45, 2.75) is 76.0 Å². The van der Waals surface area contributed by atoms with E-state index in [-0.39, 0.29) is 38.1 Å². The number of carbonyl (C=O) groups is 2. The molecule has 14 nitrogen and oxygen atoms in total. The Balaban J connectivity index is 1.12. The van der Waals surface area contributed by atoms with Crippen molar-refractivity contribution in [3.63, 3.8) is 0 Å². The molecule has 0 saturated heterocycles. The topological polar surface area (TPSA) is 202 Å². The summed E-state index contributed by atoms with van der Waals surface area (Å²) in [6.07, 6.45) is 0.259. The SMILES string of the molecule is COc1nc(O[C@H]2CCc3c(-c4cccc5c4CC[C@@H]5Oc4ccc(CNC[C@H](O)CC(=O)O)c(OC)n4)cccc32)ccc1CNC[C@H](O)CC(=O)O. The molecule has 4 atom stereocenters. The molecule has 0 saturated carbocycles. The van der Waals surface area contributed by atoms with Crippen molar-refractivity contribution in [3.05, 3.63) is 94.0 Å². The second-order valence-electron chi connectivity index (χ2n) is 13.4. The second-order valence-corrected chi connectivity index (χ2v) is 13.4. The smallest absolute Gasteiger partial charge is 0.306 e. The minimum absolute atomic E-state index is 0.125. The van der Waals surface area contributed by atoms with Gasteiger partial charge in [0.15, 0.2) is 0 Å². The fourth-order valence-electron chi connectivity index (χ4n) is 7.23. The van der Waals surface area contributed by atoms with Crippen LogP contribution in [0, 0.1) is 0 Å². The second kappa shape index (κ2) is 17.7. The highest BCUT2D eigenvalue weighted by Gasteiger charge is 2.31. The van der Waals surface area contributed by atoms with Crippen molar-refractivity contribution >= 4 is 11.9 Å². The maximum Gasteiger partial charge on any atom is 0.306 e. The van der Waals surface area contributed by atoms with Gasteiger partial charge in [-0.25, -0.2) is 0 Å². The largest absolute Gasteiger partial charge is 0.481 e. The van der Waals surface area contributed by atoms with Crippen molar-refractivity contribution in [3.8, 4) is 34.6 Å². The predicted molar refractivity (Wildman–Crippen MR) is 197 cm³/mol. The Kier molecular flexibility index (Phi) is 12.6. The molecule has 54 heavy (non-hydrogen) atoms. The summed E-state index contributed by atoms with van der Waals surface area (Å²) < 4.78 is 23.9. The highest BCUT2D eigenvalue weighted by Crippen LogP contribution is 2.45. The average molecular weight is 743 g/mol. The Morgan fingerprint density at radius 3 is 1.50 bits per heavy atom. The molecule has 0 aliphatic heterocycles. The summed E-state index contributed by atoms with van der Waals surface area (Å²) in [5.74, 6) is -0.450. The van der Waals surface area contributed by atoms with Gasteiger partial charge in [0.2, 0.25) is 23.5 Å². The minimum Gasteiger partial charge on any atom is -0.481 e. The molecule has 286 valence electrons. The summed E-state index contributed by atoms with van der Waals surface area (Å²) in [6, 6.07) is 20.0. The molecule has 2 aliphatic rings. The van der Waals surface area contributed by atoms with E-state index in [1.807, 2.05) is 12.1 Å². The van der Waals surface area contributed by atoms with E-state index in [4.69, 9.17) is 29.2 Å². The molecule has 2 heterocycles. The van der Waals surface area contributed by atoms with Crippen LogP contribution in [0.1, 0.15) is 71.3 Å². The number of aromatic nitrogens is 2. The molecule has 2 aromatic carbocycles. The van der Waals surface area contributed by atoms with Gasteiger partial charge in [0, 0.05) is 49.4 Å². The van der Waals surface area contributed by atoms with Gasteiger partial charge in [-0.2, -0.15) is 9.97 Å². The minimum atomic E-state index is -1.06. The van der Waals surface area contributed by atoms with Gasteiger partial charge in [0.1, 0.15) is 12.2 Å². The highest BCUT2D eigenvalue weighted by atomic mass is 16.5. The van der Waals surface area contributed by atoms with E-state index in [1.165, 1.54) is 36.5 Å². The number of hydrogen-bond acceptors (Lipinski definition) is 12. The quantitative estimate of drug-likeness (QED) is 0.0800. The first-order valence-electron chi connectivity index (χ1n) is 18.0. The van der Waals surface area contributed by atoms with Crippen molar-refractivity contribution < 1.29 is 49.0 Å². The molecule has 6 rings (SSSR count). The molecule has 0 radical (unpaired) electrons. The van der Waals surface area contributed by atoms with Gasteiger partial charge in [0.25, 0.3) is 0 Å². The van der Waals surface area contributed by atoms with E-state index in [2.05, 4.69) is 57.0 Å². The summed E-state index contributed by atoms with van der Waals surface area (Å²) in [5, 5.41) is 43.5. The Hall–Kier alpha value is -5.28. The zero-order chi connectivity index (χ0) is 38.2. The number of hydrogen-bond donors (Lipinski definition) is 6. The van der Waals surface area contributed by atoms with E-state index in [1.54, 1.807) is 12.1 Å². The summed E-state index contributed by atoms with van der Waals surface area (Å²) in [4.78, 5) is 30.8. The number of carboxylic acids is 2. The number of pyridine rings is 2. The summed E-state index contributed by atoms with van der Waals surface area (Å²) in [7, 11) is 3.07. The monoisotopic (exact) mass is 742 g/mol. The van der Waals surface area contributed by atoms with E-state index in [9.17, 15) is 19.8 Å². The zero-order valence-electron chi connectivity index (χ0n) is 30.3. The molecule has 2 aromatic heterocycles. The molecular weight excluding hydrogens is 696 g/mol. The number of nitrogens with one attached hydrogen (secondary N) is 2. The number of aliphatic carboxylic acids is 2. The predicted octanol–water partition coefficient (Wildman–Crippen LogP) is 4.14. The molecular formula is C40H46N4O10. The van der Waals surface area contributed by atoms with Crippen LogP contribution in [0.15, 0.2) is 60.7 Å². The van der Waals surface area contributed by atoms with Crippen LogP contribution < -0.4 is 29.6 Å². The number of nitrogens with zero attached hydrogens (tertiary/aromatic N) is 2. The Morgan fingerprint density at radius 2 is 1.11 bits per heavy atom. The number of aliphatic hydroxyl groups is 2. The lowest BCUT2D eigenvalue weighted by atomic mass is 9.91. The van der Waals surface area contributed by atoms with E-state index < -0.39 is 24.1 Å². The Labute approximate surface area is 313 Å². The molecule has 2 aliphatic carbocycles. The van der Waals surface area contributed by atoms with Crippen molar-refractivity contribution in [2.24, 2.45) is 0 Å². The molecule has 0 fully saturated rings.